The molecule has 6 heteroatoms. The van der Waals surface area contributed by atoms with Crippen molar-refractivity contribution in [1.82, 2.24) is 20.1 Å². The smallest absolute Gasteiger partial charge is 0.270 e. The quantitative estimate of drug-likeness (QED) is 0.772. The third-order valence-electron chi connectivity index (χ3n) is 4.79. The molecule has 2 N–H and O–H groups in total. The first-order valence-electron chi connectivity index (χ1n) is 8.14. The van der Waals surface area contributed by atoms with Crippen LogP contribution >= 0.6 is 11.3 Å². The number of carbonyl (C=O) groups excluding carboxylic acids is 1. The van der Waals surface area contributed by atoms with Gasteiger partial charge in [-0.25, -0.2) is 0 Å². The lowest BCUT2D eigenvalue weighted by Gasteiger charge is -2.31. The van der Waals surface area contributed by atoms with Gasteiger partial charge >= 0.3 is 0 Å². The molecule has 1 aliphatic heterocycles. The van der Waals surface area contributed by atoms with Crippen LogP contribution in [0.4, 0.5) is 0 Å². The summed E-state index contributed by atoms with van der Waals surface area (Å²) in [6.07, 6.45) is 4.93. The number of nitrogens with zero attached hydrogens (tertiary/aromatic N) is 2. The molecule has 0 atom stereocenters. The highest BCUT2D eigenvalue weighted by atomic mass is 32.1. The maximum absolute atomic E-state index is 12.7. The molecule has 4 rings (SSSR count). The SMILES string of the molecule is CCc1cn[nH]c1C1CCN(C(=O)c2cc3sccc3[nH]2)CC1. The Balaban J connectivity index is 1.44. The van der Waals surface area contributed by atoms with Crippen LogP contribution < -0.4 is 0 Å². The Kier molecular flexibility index (Phi) is 3.69. The predicted molar refractivity (Wildman–Crippen MR) is 92.0 cm³/mol. The summed E-state index contributed by atoms with van der Waals surface area (Å²) in [5.74, 6) is 0.607. The largest absolute Gasteiger partial charge is 0.350 e. The molecule has 0 spiro atoms. The van der Waals surface area contributed by atoms with Crippen molar-refractivity contribution in [3.63, 3.8) is 0 Å². The molecule has 0 unspecified atom stereocenters. The maximum atomic E-state index is 12.7. The van der Waals surface area contributed by atoms with Crippen LogP contribution in [0.2, 0.25) is 0 Å². The van der Waals surface area contributed by atoms with Gasteiger partial charge in [0.15, 0.2) is 0 Å². The van der Waals surface area contributed by atoms with E-state index < -0.39 is 0 Å². The normalized spacial score (nSPS) is 16.3. The van der Waals surface area contributed by atoms with Gasteiger partial charge in [0.2, 0.25) is 0 Å². The second kappa shape index (κ2) is 5.85. The fourth-order valence-corrected chi connectivity index (χ4v) is 4.24. The Morgan fingerprint density at radius 3 is 3.00 bits per heavy atom. The van der Waals surface area contributed by atoms with Crippen molar-refractivity contribution in [3.8, 4) is 0 Å². The Hall–Kier alpha value is -2.08. The summed E-state index contributed by atoms with van der Waals surface area (Å²) in [5, 5.41) is 9.38. The van der Waals surface area contributed by atoms with Crippen molar-refractivity contribution < 1.29 is 4.79 Å². The number of amides is 1. The van der Waals surface area contributed by atoms with Gasteiger partial charge in [0, 0.05) is 24.7 Å². The summed E-state index contributed by atoms with van der Waals surface area (Å²) in [7, 11) is 0. The third-order valence-corrected chi connectivity index (χ3v) is 5.66. The first kappa shape index (κ1) is 14.5. The number of thiophene rings is 1. The molecule has 23 heavy (non-hydrogen) atoms. The Morgan fingerprint density at radius 1 is 1.43 bits per heavy atom. The van der Waals surface area contributed by atoms with Gasteiger partial charge in [0.1, 0.15) is 5.69 Å². The van der Waals surface area contributed by atoms with Crippen LogP contribution in [0, 0.1) is 0 Å². The van der Waals surface area contributed by atoms with Crippen molar-refractivity contribution in [2.75, 3.05) is 13.1 Å². The van der Waals surface area contributed by atoms with E-state index in [4.69, 9.17) is 0 Å². The van der Waals surface area contributed by atoms with E-state index in [1.807, 2.05) is 28.6 Å². The number of carbonyl (C=O) groups is 1. The van der Waals surface area contributed by atoms with Crippen LogP contribution in [0.5, 0.6) is 0 Å². The van der Waals surface area contributed by atoms with Crippen molar-refractivity contribution in [1.29, 1.82) is 0 Å². The number of fused-ring (bicyclic) bond motifs is 1. The molecule has 3 aromatic heterocycles. The Bertz CT molecular complexity index is 794. The van der Waals surface area contributed by atoms with Gasteiger partial charge < -0.3 is 9.88 Å². The van der Waals surface area contributed by atoms with E-state index in [2.05, 4.69) is 22.1 Å². The van der Waals surface area contributed by atoms with Gasteiger partial charge in [0.05, 0.1) is 16.4 Å². The molecule has 0 saturated carbocycles. The molecule has 3 aromatic rings. The van der Waals surface area contributed by atoms with E-state index in [9.17, 15) is 4.79 Å². The van der Waals surface area contributed by atoms with Crippen LogP contribution in [0.3, 0.4) is 0 Å². The van der Waals surface area contributed by atoms with E-state index in [0.717, 1.165) is 42.6 Å². The lowest BCUT2D eigenvalue weighted by molar-refractivity contribution is 0.0707. The fraction of sp³-hybridized carbons (Fsp3) is 0.412. The lowest BCUT2D eigenvalue weighted by atomic mass is 9.91. The molecule has 4 heterocycles. The Morgan fingerprint density at radius 2 is 2.26 bits per heavy atom. The number of aryl methyl sites for hydroxylation is 1. The number of likely N-dealkylation sites (tertiary alicyclic amines) is 1. The van der Waals surface area contributed by atoms with Crippen LogP contribution in [0.1, 0.15) is 47.4 Å². The zero-order chi connectivity index (χ0) is 15.8. The van der Waals surface area contributed by atoms with Crippen LogP contribution in [0.25, 0.3) is 10.2 Å². The number of hydrogen-bond donors (Lipinski definition) is 2. The molecular formula is C17H20N4OS. The van der Waals surface area contributed by atoms with Gasteiger partial charge in [-0.05, 0) is 42.3 Å². The number of hydrogen-bond acceptors (Lipinski definition) is 3. The highest BCUT2D eigenvalue weighted by molar-refractivity contribution is 7.17. The standard InChI is InChI=1S/C17H20N4OS/c1-2-11-10-18-20-16(11)12-3-6-21(7-4-12)17(22)14-9-15-13(19-14)5-8-23-15/h5,8-10,12,19H,2-4,6-7H2,1H3,(H,18,20). The second-order valence-corrected chi connectivity index (χ2v) is 7.06. The topological polar surface area (TPSA) is 64.8 Å². The van der Waals surface area contributed by atoms with Crippen molar-refractivity contribution >= 4 is 27.5 Å². The minimum Gasteiger partial charge on any atom is -0.350 e. The van der Waals surface area contributed by atoms with E-state index in [-0.39, 0.29) is 5.91 Å². The van der Waals surface area contributed by atoms with Crippen LogP contribution in [-0.2, 0) is 6.42 Å². The first-order valence-corrected chi connectivity index (χ1v) is 9.02. The molecule has 1 amide bonds. The molecule has 120 valence electrons. The molecular weight excluding hydrogens is 308 g/mol. The lowest BCUT2D eigenvalue weighted by Crippen LogP contribution is -2.38. The van der Waals surface area contributed by atoms with Crippen molar-refractivity contribution in [3.05, 3.63) is 40.7 Å². The summed E-state index contributed by atoms with van der Waals surface area (Å²) in [6, 6.07) is 3.99. The van der Waals surface area contributed by atoms with Gasteiger partial charge in [-0.3, -0.25) is 9.89 Å². The van der Waals surface area contributed by atoms with E-state index in [0.29, 0.717) is 11.6 Å². The molecule has 0 aromatic carbocycles. The predicted octanol–water partition coefficient (Wildman–Crippen LogP) is 3.53. The van der Waals surface area contributed by atoms with Crippen LogP contribution in [0.15, 0.2) is 23.7 Å². The minimum atomic E-state index is 0.118. The van der Waals surface area contributed by atoms with Gasteiger partial charge in [0.25, 0.3) is 5.91 Å². The highest BCUT2D eigenvalue weighted by Crippen LogP contribution is 2.30. The number of aromatic amines is 2. The average molecular weight is 328 g/mol. The summed E-state index contributed by atoms with van der Waals surface area (Å²) in [6.45, 7) is 3.76. The highest BCUT2D eigenvalue weighted by Gasteiger charge is 2.27. The Labute approximate surface area is 138 Å². The molecule has 5 nitrogen and oxygen atoms in total. The summed E-state index contributed by atoms with van der Waals surface area (Å²) >= 11 is 1.66. The molecule has 1 saturated heterocycles. The number of aromatic nitrogens is 3. The average Bonchev–Trinajstić information content (AvgIpc) is 3.29. The molecule has 0 bridgehead atoms. The summed E-state index contributed by atoms with van der Waals surface area (Å²) in [5.41, 5.74) is 4.33. The van der Waals surface area contributed by atoms with Crippen molar-refractivity contribution in [2.45, 2.75) is 32.1 Å². The van der Waals surface area contributed by atoms with Gasteiger partial charge in [-0.15, -0.1) is 11.3 Å². The van der Waals surface area contributed by atoms with Crippen LogP contribution in [-0.4, -0.2) is 39.1 Å². The monoisotopic (exact) mass is 328 g/mol. The molecule has 0 radical (unpaired) electrons. The number of rotatable bonds is 3. The fourth-order valence-electron chi connectivity index (χ4n) is 3.46. The summed E-state index contributed by atoms with van der Waals surface area (Å²) < 4.78 is 1.15. The first-order chi connectivity index (χ1) is 11.3. The second-order valence-electron chi connectivity index (χ2n) is 6.11. The van der Waals surface area contributed by atoms with Gasteiger partial charge in [-0.1, -0.05) is 6.92 Å². The number of piperidine rings is 1. The van der Waals surface area contributed by atoms with Gasteiger partial charge in [-0.2, -0.15) is 5.10 Å². The molecule has 1 aliphatic rings. The molecule has 0 aliphatic carbocycles. The number of H-pyrrole nitrogens is 2. The van der Waals surface area contributed by atoms with E-state index >= 15 is 0 Å². The molecule has 1 fully saturated rings. The third kappa shape index (κ3) is 2.57. The maximum Gasteiger partial charge on any atom is 0.270 e. The zero-order valence-corrected chi connectivity index (χ0v) is 13.9. The van der Waals surface area contributed by atoms with E-state index in [1.54, 1.807) is 11.3 Å². The number of nitrogens with one attached hydrogen (secondary N) is 2. The summed E-state index contributed by atoms with van der Waals surface area (Å²) in [4.78, 5) is 17.9. The minimum absolute atomic E-state index is 0.118. The van der Waals surface area contributed by atoms with Crippen molar-refractivity contribution in [2.24, 2.45) is 0 Å². The zero-order valence-electron chi connectivity index (χ0n) is 13.1. The van der Waals surface area contributed by atoms with E-state index in [1.165, 1.54) is 11.3 Å².